The standard InChI is InChI=1S/C21H15FN4O2/c1-27-19-8-16(14-5-3-13(9-23)4-6-14)20(26-12-24-11-18(19)26)15-7-17(22)21(28-2)25-10-15/h3-8,10-12H,1-2H3. The number of nitriles is 1. The number of ether oxygens (including phenoxy) is 2. The highest BCUT2D eigenvalue weighted by Crippen LogP contribution is 2.38. The second-order valence-electron chi connectivity index (χ2n) is 6.03. The molecule has 28 heavy (non-hydrogen) atoms. The highest BCUT2D eigenvalue weighted by atomic mass is 19.1. The number of fused-ring (bicyclic) bond motifs is 1. The largest absolute Gasteiger partial charge is 0.494 e. The molecule has 0 amide bonds. The summed E-state index contributed by atoms with van der Waals surface area (Å²) in [6.07, 6.45) is 4.87. The molecule has 0 spiro atoms. The minimum atomic E-state index is -0.560. The molecule has 0 aliphatic heterocycles. The fourth-order valence-electron chi connectivity index (χ4n) is 3.17. The van der Waals surface area contributed by atoms with E-state index in [0.29, 0.717) is 22.6 Å². The summed E-state index contributed by atoms with van der Waals surface area (Å²) >= 11 is 0. The number of halogens is 1. The van der Waals surface area contributed by atoms with Crippen LogP contribution in [-0.4, -0.2) is 28.6 Å². The zero-order valence-electron chi connectivity index (χ0n) is 15.2. The molecule has 0 atom stereocenters. The maximum absolute atomic E-state index is 14.4. The Balaban J connectivity index is 2.04. The van der Waals surface area contributed by atoms with Crippen molar-refractivity contribution in [2.24, 2.45) is 0 Å². The fourth-order valence-corrected chi connectivity index (χ4v) is 3.17. The molecule has 0 bridgehead atoms. The van der Waals surface area contributed by atoms with Gasteiger partial charge >= 0.3 is 0 Å². The molecule has 7 heteroatoms. The predicted octanol–water partition coefficient (Wildman–Crippen LogP) is 4.09. The molecular weight excluding hydrogens is 359 g/mol. The summed E-state index contributed by atoms with van der Waals surface area (Å²) < 4.78 is 26.6. The van der Waals surface area contributed by atoms with E-state index in [9.17, 15) is 4.39 Å². The van der Waals surface area contributed by atoms with E-state index in [4.69, 9.17) is 14.7 Å². The molecule has 0 saturated heterocycles. The van der Waals surface area contributed by atoms with Crippen LogP contribution in [0.2, 0.25) is 0 Å². The Kier molecular flexibility index (Phi) is 4.38. The fraction of sp³-hybridized carbons (Fsp3) is 0.0952. The topological polar surface area (TPSA) is 72.4 Å². The highest BCUT2D eigenvalue weighted by molar-refractivity contribution is 5.86. The van der Waals surface area contributed by atoms with Gasteiger partial charge < -0.3 is 9.47 Å². The molecule has 4 aromatic rings. The third-order valence-electron chi connectivity index (χ3n) is 4.48. The summed E-state index contributed by atoms with van der Waals surface area (Å²) in [7, 11) is 2.95. The molecule has 0 saturated carbocycles. The van der Waals surface area contributed by atoms with Crippen LogP contribution in [0.5, 0.6) is 11.6 Å². The lowest BCUT2D eigenvalue weighted by Crippen LogP contribution is -2.00. The summed E-state index contributed by atoms with van der Waals surface area (Å²) in [6, 6.07) is 12.5. The quantitative estimate of drug-likeness (QED) is 0.538. The van der Waals surface area contributed by atoms with E-state index in [0.717, 1.165) is 16.6 Å². The average Bonchev–Trinajstić information content (AvgIpc) is 3.22. The van der Waals surface area contributed by atoms with Gasteiger partial charge in [-0.05, 0) is 29.8 Å². The second kappa shape index (κ2) is 7.00. The van der Waals surface area contributed by atoms with Gasteiger partial charge in [0.25, 0.3) is 0 Å². The van der Waals surface area contributed by atoms with Gasteiger partial charge in [-0.3, -0.25) is 4.40 Å². The third-order valence-corrected chi connectivity index (χ3v) is 4.48. The Morgan fingerprint density at radius 2 is 1.82 bits per heavy atom. The minimum Gasteiger partial charge on any atom is -0.494 e. The van der Waals surface area contributed by atoms with E-state index < -0.39 is 5.82 Å². The van der Waals surface area contributed by atoms with Crippen LogP contribution in [0.3, 0.4) is 0 Å². The molecule has 0 aliphatic rings. The van der Waals surface area contributed by atoms with Crippen LogP contribution < -0.4 is 9.47 Å². The Bertz CT molecular complexity index is 1210. The maximum Gasteiger partial charge on any atom is 0.250 e. The predicted molar refractivity (Wildman–Crippen MR) is 102 cm³/mol. The van der Waals surface area contributed by atoms with Gasteiger partial charge in [-0.25, -0.2) is 14.4 Å². The maximum atomic E-state index is 14.4. The summed E-state index contributed by atoms with van der Waals surface area (Å²) in [5.74, 6) is -0.00326. The number of benzene rings is 1. The first-order valence-electron chi connectivity index (χ1n) is 8.39. The Hall–Kier alpha value is -3.92. The monoisotopic (exact) mass is 374 g/mol. The lowest BCUT2D eigenvalue weighted by atomic mass is 9.98. The van der Waals surface area contributed by atoms with Crippen molar-refractivity contribution in [3.05, 3.63) is 66.5 Å². The van der Waals surface area contributed by atoms with E-state index in [1.165, 1.54) is 13.2 Å². The first-order chi connectivity index (χ1) is 13.7. The zero-order chi connectivity index (χ0) is 19.7. The highest BCUT2D eigenvalue weighted by Gasteiger charge is 2.18. The van der Waals surface area contributed by atoms with E-state index >= 15 is 0 Å². The van der Waals surface area contributed by atoms with E-state index in [-0.39, 0.29) is 5.88 Å². The molecular formula is C21H15FN4O2. The number of rotatable bonds is 4. The molecule has 138 valence electrons. The number of methoxy groups -OCH3 is 2. The van der Waals surface area contributed by atoms with Crippen LogP contribution in [0.1, 0.15) is 5.56 Å². The van der Waals surface area contributed by atoms with Crippen molar-refractivity contribution >= 4 is 5.52 Å². The number of aromatic nitrogens is 3. The number of hydrogen-bond acceptors (Lipinski definition) is 5. The molecule has 0 aliphatic carbocycles. The molecule has 1 aromatic carbocycles. The van der Waals surface area contributed by atoms with Gasteiger partial charge in [0.15, 0.2) is 5.82 Å². The molecule has 0 unspecified atom stereocenters. The third kappa shape index (κ3) is 2.81. The van der Waals surface area contributed by atoms with Crippen molar-refractivity contribution in [3.63, 3.8) is 0 Å². The number of pyridine rings is 2. The Morgan fingerprint density at radius 3 is 2.46 bits per heavy atom. The summed E-state index contributed by atoms with van der Waals surface area (Å²) in [4.78, 5) is 8.28. The smallest absolute Gasteiger partial charge is 0.250 e. The van der Waals surface area contributed by atoms with Gasteiger partial charge in [-0.1, -0.05) is 12.1 Å². The molecule has 4 rings (SSSR count). The van der Waals surface area contributed by atoms with Crippen molar-refractivity contribution in [2.75, 3.05) is 14.2 Å². The van der Waals surface area contributed by atoms with E-state index in [1.54, 1.807) is 38.0 Å². The molecule has 3 heterocycles. The Labute approximate surface area is 160 Å². The van der Waals surface area contributed by atoms with E-state index in [2.05, 4.69) is 16.0 Å². The van der Waals surface area contributed by atoms with Crippen LogP contribution in [-0.2, 0) is 0 Å². The zero-order valence-corrected chi connectivity index (χ0v) is 15.2. The molecule has 0 N–H and O–H groups in total. The normalized spacial score (nSPS) is 10.6. The summed E-state index contributed by atoms with van der Waals surface area (Å²) in [5, 5.41) is 9.06. The first-order valence-corrected chi connectivity index (χ1v) is 8.39. The lowest BCUT2D eigenvalue weighted by Gasteiger charge is -2.16. The van der Waals surface area contributed by atoms with Gasteiger partial charge in [-0.2, -0.15) is 5.26 Å². The van der Waals surface area contributed by atoms with Gasteiger partial charge in [0.1, 0.15) is 11.3 Å². The van der Waals surface area contributed by atoms with Crippen LogP contribution in [0, 0.1) is 17.1 Å². The molecule has 3 aromatic heterocycles. The van der Waals surface area contributed by atoms with Crippen LogP contribution in [0.4, 0.5) is 4.39 Å². The van der Waals surface area contributed by atoms with Gasteiger partial charge in [-0.15, -0.1) is 0 Å². The molecule has 0 radical (unpaired) electrons. The van der Waals surface area contributed by atoms with Crippen molar-refractivity contribution in [3.8, 4) is 40.1 Å². The second-order valence-corrected chi connectivity index (χ2v) is 6.03. The van der Waals surface area contributed by atoms with Crippen LogP contribution in [0.15, 0.2) is 55.1 Å². The van der Waals surface area contributed by atoms with Crippen molar-refractivity contribution in [1.82, 2.24) is 14.4 Å². The summed E-state index contributed by atoms with van der Waals surface area (Å²) in [6.45, 7) is 0. The van der Waals surface area contributed by atoms with Crippen LogP contribution >= 0.6 is 0 Å². The Morgan fingerprint density at radius 1 is 1.04 bits per heavy atom. The van der Waals surface area contributed by atoms with E-state index in [1.807, 2.05) is 22.6 Å². The lowest BCUT2D eigenvalue weighted by molar-refractivity contribution is 0.369. The number of imidazole rings is 1. The van der Waals surface area contributed by atoms with Crippen molar-refractivity contribution < 1.29 is 13.9 Å². The number of hydrogen-bond donors (Lipinski definition) is 0. The van der Waals surface area contributed by atoms with Gasteiger partial charge in [0.2, 0.25) is 5.88 Å². The van der Waals surface area contributed by atoms with Crippen molar-refractivity contribution in [2.45, 2.75) is 0 Å². The SMILES string of the molecule is COc1ncc(-c2c(-c3ccc(C#N)cc3)cc(OC)c3cncn23)cc1F. The average molecular weight is 374 g/mol. The number of nitrogens with zero attached hydrogens (tertiary/aromatic N) is 4. The van der Waals surface area contributed by atoms with Gasteiger partial charge in [0, 0.05) is 17.3 Å². The van der Waals surface area contributed by atoms with Crippen LogP contribution in [0.25, 0.3) is 27.9 Å². The van der Waals surface area contributed by atoms with Crippen molar-refractivity contribution in [1.29, 1.82) is 5.26 Å². The molecule has 6 nitrogen and oxygen atoms in total. The van der Waals surface area contributed by atoms with Gasteiger partial charge in [0.05, 0.1) is 44.1 Å². The first kappa shape index (κ1) is 17.5. The summed E-state index contributed by atoms with van der Waals surface area (Å²) in [5.41, 5.74) is 4.19. The molecule has 0 fully saturated rings. The minimum absolute atomic E-state index is 0.0703.